The van der Waals surface area contributed by atoms with Crippen LogP contribution in [-0.2, 0) is 0 Å². The molecule has 82 valence electrons. The molecule has 1 atom stereocenters. The summed E-state index contributed by atoms with van der Waals surface area (Å²) in [4.78, 5) is 2.67. The van der Waals surface area contributed by atoms with Gasteiger partial charge in [-0.05, 0) is 42.9 Å². The third-order valence-electron chi connectivity index (χ3n) is 4.07. The van der Waals surface area contributed by atoms with E-state index in [0.717, 1.165) is 11.7 Å². The summed E-state index contributed by atoms with van der Waals surface area (Å²) in [5, 5.41) is 0. The molecule has 0 N–H and O–H groups in total. The van der Waals surface area contributed by atoms with Crippen LogP contribution in [-0.4, -0.2) is 30.3 Å². The number of likely N-dealkylation sites (tertiary alicyclic amines) is 1. The third kappa shape index (κ3) is 2.27. The first-order chi connectivity index (χ1) is 6.74. The molecule has 0 aromatic heterocycles. The lowest BCUT2D eigenvalue weighted by Crippen LogP contribution is -2.36. The van der Waals surface area contributed by atoms with E-state index in [4.69, 9.17) is 0 Å². The molecule has 0 amide bonds. The maximum Gasteiger partial charge on any atom is 0.00459 e. The van der Waals surface area contributed by atoms with Crippen LogP contribution in [0.3, 0.4) is 0 Å². The van der Waals surface area contributed by atoms with Gasteiger partial charge in [-0.15, -0.1) is 0 Å². The summed E-state index contributed by atoms with van der Waals surface area (Å²) >= 11 is 4.57. The second-order valence-corrected chi connectivity index (χ2v) is 5.81. The van der Waals surface area contributed by atoms with Crippen LogP contribution in [0.4, 0.5) is 0 Å². The highest BCUT2D eigenvalue weighted by molar-refractivity contribution is 7.80. The zero-order chi connectivity index (χ0) is 10.0. The maximum absolute atomic E-state index is 4.57. The number of thiol groups is 1. The van der Waals surface area contributed by atoms with Gasteiger partial charge in [-0.3, -0.25) is 0 Å². The van der Waals surface area contributed by atoms with Crippen LogP contribution in [0.1, 0.15) is 39.0 Å². The molecule has 2 heteroatoms. The van der Waals surface area contributed by atoms with Gasteiger partial charge in [0.25, 0.3) is 0 Å². The molecule has 2 aliphatic rings. The quantitative estimate of drug-likeness (QED) is 0.706. The lowest BCUT2D eigenvalue weighted by molar-refractivity contribution is 0.197. The van der Waals surface area contributed by atoms with E-state index in [1.165, 1.54) is 51.7 Å². The molecule has 0 spiro atoms. The van der Waals surface area contributed by atoms with Crippen molar-refractivity contribution in [3.63, 3.8) is 0 Å². The molecule has 1 aliphatic heterocycles. The Balaban J connectivity index is 1.88. The fraction of sp³-hybridized carbons (Fsp3) is 1.00. The number of nitrogens with zero attached hydrogens (tertiary/aromatic N) is 1. The van der Waals surface area contributed by atoms with E-state index in [0.29, 0.717) is 5.41 Å². The van der Waals surface area contributed by atoms with Crippen LogP contribution >= 0.6 is 12.6 Å². The second kappa shape index (κ2) is 4.44. The van der Waals surface area contributed by atoms with E-state index in [-0.39, 0.29) is 0 Å². The monoisotopic (exact) mass is 213 g/mol. The summed E-state index contributed by atoms with van der Waals surface area (Å²) in [6, 6.07) is 0. The third-order valence-corrected chi connectivity index (χ3v) is 4.74. The fourth-order valence-corrected chi connectivity index (χ4v) is 3.55. The van der Waals surface area contributed by atoms with Crippen molar-refractivity contribution in [2.45, 2.75) is 39.0 Å². The Hall–Kier alpha value is 0.310. The molecule has 2 fully saturated rings. The summed E-state index contributed by atoms with van der Waals surface area (Å²) < 4.78 is 0. The largest absolute Gasteiger partial charge is 0.302 e. The normalized spacial score (nSPS) is 32.6. The summed E-state index contributed by atoms with van der Waals surface area (Å²) in [6.07, 6.45) is 7.11. The van der Waals surface area contributed by atoms with Crippen LogP contribution in [0, 0.1) is 11.3 Å². The molecular weight excluding hydrogens is 190 g/mol. The van der Waals surface area contributed by atoms with Crippen LogP contribution in [0.5, 0.6) is 0 Å². The minimum absolute atomic E-state index is 0.577. The van der Waals surface area contributed by atoms with Gasteiger partial charge in [-0.2, -0.15) is 12.6 Å². The highest BCUT2D eigenvalue weighted by Crippen LogP contribution is 2.40. The van der Waals surface area contributed by atoms with Crippen molar-refractivity contribution in [2.24, 2.45) is 11.3 Å². The SMILES string of the molecule is CC1CCN(CC2(CS)CCCC2)C1. The van der Waals surface area contributed by atoms with E-state index < -0.39 is 0 Å². The van der Waals surface area contributed by atoms with Crippen molar-refractivity contribution in [2.75, 3.05) is 25.4 Å². The van der Waals surface area contributed by atoms with E-state index >= 15 is 0 Å². The smallest absolute Gasteiger partial charge is 0.00459 e. The van der Waals surface area contributed by atoms with Crippen LogP contribution < -0.4 is 0 Å². The first-order valence-corrected chi connectivity index (χ1v) is 6.71. The molecule has 1 nitrogen and oxygen atoms in total. The molecule has 0 bridgehead atoms. The Bertz CT molecular complexity index is 187. The molecule has 0 radical (unpaired) electrons. The van der Waals surface area contributed by atoms with Gasteiger partial charge in [-0.1, -0.05) is 19.8 Å². The van der Waals surface area contributed by atoms with Gasteiger partial charge in [-0.25, -0.2) is 0 Å². The van der Waals surface area contributed by atoms with Gasteiger partial charge in [0, 0.05) is 13.1 Å². The van der Waals surface area contributed by atoms with Crippen molar-refractivity contribution in [3.05, 3.63) is 0 Å². The number of hydrogen-bond donors (Lipinski definition) is 1. The molecule has 1 saturated heterocycles. The molecule has 1 heterocycles. The van der Waals surface area contributed by atoms with Crippen LogP contribution in [0.25, 0.3) is 0 Å². The Morgan fingerprint density at radius 1 is 1.36 bits per heavy atom. The predicted octanol–water partition coefficient (Wildman–Crippen LogP) is 2.82. The van der Waals surface area contributed by atoms with E-state index in [9.17, 15) is 0 Å². The van der Waals surface area contributed by atoms with Gasteiger partial charge in [0.2, 0.25) is 0 Å². The number of hydrogen-bond acceptors (Lipinski definition) is 2. The highest BCUT2D eigenvalue weighted by Gasteiger charge is 2.35. The van der Waals surface area contributed by atoms with Gasteiger partial charge in [0.1, 0.15) is 0 Å². The topological polar surface area (TPSA) is 3.24 Å². The summed E-state index contributed by atoms with van der Waals surface area (Å²) in [5.41, 5.74) is 0.577. The lowest BCUT2D eigenvalue weighted by atomic mass is 9.88. The number of rotatable bonds is 3. The molecule has 1 aliphatic carbocycles. The zero-order valence-electron chi connectivity index (χ0n) is 9.34. The average molecular weight is 213 g/mol. The maximum atomic E-state index is 4.57. The average Bonchev–Trinajstić information content (AvgIpc) is 2.77. The van der Waals surface area contributed by atoms with Crippen molar-refractivity contribution in [1.29, 1.82) is 0 Å². The molecule has 14 heavy (non-hydrogen) atoms. The van der Waals surface area contributed by atoms with E-state index in [1.807, 2.05) is 0 Å². The van der Waals surface area contributed by atoms with E-state index in [1.54, 1.807) is 0 Å². The molecule has 2 rings (SSSR count). The first kappa shape index (κ1) is 10.8. The minimum Gasteiger partial charge on any atom is -0.302 e. The summed E-state index contributed by atoms with van der Waals surface area (Å²) in [5.74, 6) is 2.02. The van der Waals surface area contributed by atoms with Gasteiger partial charge < -0.3 is 4.90 Å². The van der Waals surface area contributed by atoms with Crippen molar-refractivity contribution in [1.82, 2.24) is 4.90 Å². The summed E-state index contributed by atoms with van der Waals surface area (Å²) in [7, 11) is 0. The van der Waals surface area contributed by atoms with Gasteiger partial charge >= 0.3 is 0 Å². The molecule has 0 aromatic rings. The Morgan fingerprint density at radius 2 is 2.07 bits per heavy atom. The Kier molecular flexibility index (Phi) is 3.43. The Morgan fingerprint density at radius 3 is 2.57 bits per heavy atom. The lowest BCUT2D eigenvalue weighted by Gasteiger charge is -2.32. The molecule has 0 aromatic carbocycles. The molecule has 1 saturated carbocycles. The van der Waals surface area contributed by atoms with Crippen molar-refractivity contribution < 1.29 is 0 Å². The standard InChI is InChI=1S/C12H23NS/c1-11-4-7-13(8-11)9-12(10-14)5-2-3-6-12/h11,14H,2-10H2,1H3. The predicted molar refractivity (Wildman–Crippen MR) is 65.0 cm³/mol. The van der Waals surface area contributed by atoms with Gasteiger partial charge in [0.05, 0.1) is 0 Å². The van der Waals surface area contributed by atoms with Crippen molar-refractivity contribution in [3.8, 4) is 0 Å². The van der Waals surface area contributed by atoms with Gasteiger partial charge in [0.15, 0.2) is 0 Å². The van der Waals surface area contributed by atoms with Crippen LogP contribution in [0.15, 0.2) is 0 Å². The first-order valence-electron chi connectivity index (χ1n) is 6.07. The fourth-order valence-electron chi connectivity index (χ4n) is 3.14. The summed E-state index contributed by atoms with van der Waals surface area (Å²) in [6.45, 7) is 6.36. The van der Waals surface area contributed by atoms with E-state index in [2.05, 4.69) is 24.5 Å². The molecular formula is C12H23NS. The van der Waals surface area contributed by atoms with Crippen LogP contribution in [0.2, 0.25) is 0 Å². The second-order valence-electron chi connectivity index (χ2n) is 5.49. The molecule has 1 unspecified atom stereocenters. The zero-order valence-corrected chi connectivity index (χ0v) is 10.2. The van der Waals surface area contributed by atoms with Crippen molar-refractivity contribution >= 4 is 12.6 Å². The Labute approximate surface area is 93.7 Å². The minimum atomic E-state index is 0.577. The highest BCUT2D eigenvalue weighted by atomic mass is 32.1.